The average Bonchev–Trinajstić information content (AvgIpc) is 2.24. The van der Waals surface area contributed by atoms with E-state index in [9.17, 15) is 4.57 Å². The van der Waals surface area contributed by atoms with Crippen LogP contribution >= 0.6 is 27.9 Å². The second-order valence-electron chi connectivity index (χ2n) is 3.60. The van der Waals surface area contributed by atoms with E-state index in [2.05, 4.69) is 23.9 Å². The molecule has 0 rings (SSSR count). The summed E-state index contributed by atoms with van der Waals surface area (Å²) < 4.78 is 17.0. The van der Waals surface area contributed by atoms with Crippen molar-refractivity contribution in [1.82, 2.24) is 5.09 Å². The van der Waals surface area contributed by atoms with Gasteiger partial charge in [0.15, 0.2) is 0 Å². The van der Waals surface area contributed by atoms with Crippen LogP contribution in [0.25, 0.3) is 0 Å². The molecule has 4 nitrogen and oxygen atoms in total. The summed E-state index contributed by atoms with van der Waals surface area (Å²) >= 11 is 0. The molecule has 0 heterocycles. The van der Waals surface area contributed by atoms with Gasteiger partial charge in [0.2, 0.25) is 0 Å². The first-order valence-corrected chi connectivity index (χ1v) is 9.82. The topological polar surface area (TPSA) is 50.7 Å². The van der Waals surface area contributed by atoms with E-state index in [1.807, 2.05) is 6.92 Å². The smallest absolute Gasteiger partial charge is 0.309 e. The van der Waals surface area contributed by atoms with E-state index >= 15 is 0 Å². The van der Waals surface area contributed by atoms with Gasteiger partial charge < -0.3 is 4.52 Å². The molecule has 1 unspecified atom stereocenters. The van der Waals surface area contributed by atoms with Crippen molar-refractivity contribution in [1.29, 1.82) is 0 Å². The summed E-state index contributed by atoms with van der Waals surface area (Å²) in [4.78, 5) is 4.06. The van der Waals surface area contributed by atoms with Gasteiger partial charge in [-0.2, -0.15) is 0 Å². The van der Waals surface area contributed by atoms with Gasteiger partial charge >= 0.3 is 6.72 Å². The van der Waals surface area contributed by atoms with Crippen LogP contribution in [0.5, 0.6) is 0 Å². The van der Waals surface area contributed by atoms with Gasteiger partial charge in [0.05, 0.1) is 6.34 Å². The normalized spacial score (nSPS) is 15.6. The van der Waals surface area contributed by atoms with E-state index in [0.717, 1.165) is 18.7 Å². The Balaban J connectivity index is 3.95. The molecule has 0 aromatic rings. The molecule has 0 radical (unpaired) electrons. The highest BCUT2D eigenvalue weighted by Crippen LogP contribution is 2.60. The minimum absolute atomic E-state index is 0.580. The third kappa shape index (κ3) is 8.50. The Morgan fingerprint density at radius 3 is 2.75 bits per heavy atom. The summed E-state index contributed by atoms with van der Waals surface area (Å²) in [6, 6.07) is 0. The molecule has 0 saturated carbocycles. The predicted molar refractivity (Wildman–Crippen MR) is 76.3 cm³/mol. The van der Waals surface area contributed by atoms with E-state index in [0.29, 0.717) is 5.92 Å². The maximum atomic E-state index is 12.0. The van der Waals surface area contributed by atoms with Crippen molar-refractivity contribution < 1.29 is 9.09 Å². The molecule has 0 aromatic heterocycles. The summed E-state index contributed by atoms with van der Waals surface area (Å²) in [6.07, 6.45) is 2.46. The molecule has 0 bridgehead atoms. The first kappa shape index (κ1) is 16.4. The van der Waals surface area contributed by atoms with Gasteiger partial charge in [-0.3, -0.25) is 14.6 Å². The highest BCUT2D eigenvalue weighted by atomic mass is 33.3. The quantitative estimate of drug-likeness (QED) is 0.302. The fourth-order valence-electron chi connectivity index (χ4n) is 0.646. The maximum Gasteiger partial charge on any atom is 0.361 e. The van der Waals surface area contributed by atoms with E-state index in [1.54, 1.807) is 10.8 Å². The Morgan fingerprint density at radius 1 is 1.56 bits per heavy atom. The monoisotopic (exact) mass is 284 g/mol. The summed E-state index contributed by atoms with van der Waals surface area (Å²) in [7, 11) is 4.27. The molecular formula is C9H21N2O2PS2. The number of hydrogen-bond acceptors (Lipinski definition) is 5. The number of rotatable bonds is 9. The first-order chi connectivity index (χ1) is 7.54. The summed E-state index contributed by atoms with van der Waals surface area (Å²) in [5, 5.41) is 2.74. The van der Waals surface area contributed by atoms with Crippen molar-refractivity contribution >= 4 is 34.3 Å². The molecule has 1 atom stereocenters. The zero-order chi connectivity index (χ0) is 12.4. The highest BCUT2D eigenvalue weighted by Gasteiger charge is 2.21. The van der Waals surface area contributed by atoms with Crippen molar-refractivity contribution in [2.24, 2.45) is 10.9 Å². The van der Waals surface area contributed by atoms with Gasteiger partial charge in [0.25, 0.3) is 0 Å². The van der Waals surface area contributed by atoms with Gasteiger partial charge in [-0.1, -0.05) is 31.6 Å². The summed E-state index contributed by atoms with van der Waals surface area (Å²) in [5.74, 6) is 1.53. The largest absolute Gasteiger partial charge is 0.361 e. The molecule has 96 valence electrons. The second-order valence-corrected chi connectivity index (χ2v) is 9.87. The standard InChI is InChI=1S/C9H21N2O2PS2/c1-5-6-10-8-11-14(12,13-4)16-15-7-9(2)3/h8-9H,5-7H2,1-4H3,(H,10,11,12). The van der Waals surface area contributed by atoms with Crippen LogP contribution in [0.3, 0.4) is 0 Å². The number of nitrogens with one attached hydrogen (secondary N) is 1. The third-order valence-corrected chi connectivity index (χ3v) is 8.26. The maximum absolute atomic E-state index is 12.0. The minimum Gasteiger partial charge on any atom is -0.309 e. The Morgan fingerprint density at radius 2 is 2.25 bits per heavy atom. The van der Waals surface area contributed by atoms with Crippen LogP contribution in [0.4, 0.5) is 0 Å². The Bertz CT molecular complexity index is 250. The Kier molecular flexibility index (Phi) is 9.61. The molecule has 16 heavy (non-hydrogen) atoms. The number of aliphatic imine (C=N–C) groups is 1. The zero-order valence-electron chi connectivity index (χ0n) is 10.3. The molecule has 0 aliphatic carbocycles. The molecule has 0 amide bonds. The lowest BCUT2D eigenvalue weighted by Crippen LogP contribution is -2.06. The van der Waals surface area contributed by atoms with Crippen LogP contribution in [0.15, 0.2) is 4.99 Å². The molecule has 1 N–H and O–H groups in total. The molecule has 7 heteroatoms. The van der Waals surface area contributed by atoms with Gasteiger partial charge in [0, 0.05) is 29.8 Å². The molecule has 0 aliphatic rings. The van der Waals surface area contributed by atoms with Crippen LogP contribution < -0.4 is 5.09 Å². The zero-order valence-corrected chi connectivity index (χ0v) is 12.8. The molecule has 0 aliphatic heterocycles. The fraction of sp³-hybridized carbons (Fsp3) is 0.889. The lowest BCUT2D eigenvalue weighted by molar-refractivity contribution is 0.406. The van der Waals surface area contributed by atoms with E-state index < -0.39 is 6.72 Å². The van der Waals surface area contributed by atoms with Crippen LogP contribution in [0, 0.1) is 5.92 Å². The van der Waals surface area contributed by atoms with Crippen LogP contribution in [-0.2, 0) is 9.09 Å². The lowest BCUT2D eigenvalue weighted by atomic mass is 10.3. The molecule has 0 saturated heterocycles. The van der Waals surface area contributed by atoms with Crippen molar-refractivity contribution in [3.05, 3.63) is 0 Å². The Labute approximate surface area is 106 Å². The van der Waals surface area contributed by atoms with Gasteiger partial charge in [-0.15, -0.1) is 0 Å². The molecule has 0 aromatic carbocycles. The molecular weight excluding hydrogens is 263 g/mol. The Hall–Kier alpha value is 0.360. The first-order valence-electron chi connectivity index (χ1n) is 5.27. The molecule has 0 fully saturated rings. The SMILES string of the molecule is CCCN=CNP(=O)(OC)SSCC(C)C. The van der Waals surface area contributed by atoms with Crippen molar-refractivity contribution in [3.8, 4) is 0 Å². The second kappa shape index (κ2) is 9.40. The van der Waals surface area contributed by atoms with Gasteiger partial charge in [-0.25, -0.2) is 0 Å². The summed E-state index contributed by atoms with van der Waals surface area (Å²) in [6.45, 7) is 4.22. The van der Waals surface area contributed by atoms with Crippen LogP contribution in [0.2, 0.25) is 0 Å². The van der Waals surface area contributed by atoms with E-state index in [4.69, 9.17) is 4.52 Å². The van der Waals surface area contributed by atoms with Crippen molar-refractivity contribution in [2.45, 2.75) is 27.2 Å². The van der Waals surface area contributed by atoms with Crippen LogP contribution in [-0.4, -0.2) is 25.7 Å². The fourth-order valence-corrected chi connectivity index (χ4v) is 6.15. The van der Waals surface area contributed by atoms with Crippen molar-refractivity contribution in [2.75, 3.05) is 19.4 Å². The number of hydrogen-bond donors (Lipinski definition) is 1. The summed E-state index contributed by atoms with van der Waals surface area (Å²) in [5.41, 5.74) is 0. The highest BCUT2D eigenvalue weighted by molar-refractivity contribution is 8.99. The van der Waals surface area contributed by atoms with Gasteiger partial charge in [-0.05, 0) is 12.3 Å². The molecule has 0 spiro atoms. The van der Waals surface area contributed by atoms with Gasteiger partial charge in [0.1, 0.15) is 0 Å². The third-order valence-electron chi connectivity index (χ3n) is 1.45. The lowest BCUT2D eigenvalue weighted by Gasteiger charge is -2.14. The van der Waals surface area contributed by atoms with E-state index in [1.165, 1.54) is 23.9 Å². The van der Waals surface area contributed by atoms with E-state index in [-0.39, 0.29) is 0 Å². The number of nitrogens with zero attached hydrogens (tertiary/aromatic N) is 1. The average molecular weight is 284 g/mol. The minimum atomic E-state index is -2.82. The van der Waals surface area contributed by atoms with Crippen LogP contribution in [0.1, 0.15) is 27.2 Å². The predicted octanol–water partition coefficient (Wildman–Crippen LogP) is 3.81. The van der Waals surface area contributed by atoms with Crippen molar-refractivity contribution in [3.63, 3.8) is 0 Å².